The molecule has 1 fully saturated rings. The Morgan fingerprint density at radius 1 is 1.38 bits per heavy atom. The second-order valence-electron chi connectivity index (χ2n) is 6.23. The third kappa shape index (κ3) is 2.68. The number of alkyl halides is 2. The molecule has 1 atom stereocenters. The van der Waals surface area contributed by atoms with Crippen LogP contribution < -0.4 is 0 Å². The first-order valence-electron chi connectivity index (χ1n) is 7.93. The van der Waals surface area contributed by atoms with Gasteiger partial charge >= 0.3 is 5.97 Å². The van der Waals surface area contributed by atoms with Crippen LogP contribution in [0, 0.1) is 5.92 Å². The molecule has 1 aliphatic carbocycles. The highest BCUT2D eigenvalue weighted by molar-refractivity contribution is 6.04. The van der Waals surface area contributed by atoms with Gasteiger partial charge in [0.05, 0.1) is 5.56 Å². The van der Waals surface area contributed by atoms with Gasteiger partial charge in [0.2, 0.25) is 0 Å². The molecular formula is C17H18F2N2O3. The molecule has 1 aliphatic rings. The number of fused-ring (bicyclic) bond motifs is 1. The van der Waals surface area contributed by atoms with Crippen LogP contribution in [0.1, 0.15) is 61.1 Å². The molecule has 0 amide bonds. The van der Waals surface area contributed by atoms with Crippen LogP contribution in [0.4, 0.5) is 8.78 Å². The van der Waals surface area contributed by atoms with Crippen molar-refractivity contribution in [2.24, 2.45) is 5.92 Å². The predicted molar refractivity (Wildman–Crippen MR) is 83.3 cm³/mol. The molecule has 0 aromatic carbocycles. The number of carbonyl (C=O) groups is 2. The number of nitrogens with zero attached hydrogens (tertiary/aromatic N) is 2. The summed E-state index contributed by atoms with van der Waals surface area (Å²) in [5.74, 6) is -1.15. The summed E-state index contributed by atoms with van der Waals surface area (Å²) in [5, 5.41) is 9.65. The van der Waals surface area contributed by atoms with E-state index in [0.717, 1.165) is 0 Å². The molecule has 128 valence electrons. The number of aromatic nitrogens is 2. The van der Waals surface area contributed by atoms with E-state index in [1.165, 1.54) is 22.9 Å². The summed E-state index contributed by atoms with van der Waals surface area (Å²) in [4.78, 5) is 27.2. The molecule has 0 spiro atoms. The number of pyridine rings is 1. The maximum atomic E-state index is 13.7. The number of carbonyl (C=O) groups excluding carboxylic acids is 1. The molecule has 2 aromatic rings. The third-order valence-electron chi connectivity index (χ3n) is 4.90. The number of hydrogen-bond acceptors (Lipinski definition) is 3. The van der Waals surface area contributed by atoms with E-state index in [1.807, 2.05) is 0 Å². The fourth-order valence-corrected chi connectivity index (χ4v) is 3.66. The van der Waals surface area contributed by atoms with Gasteiger partial charge in [0.15, 0.2) is 0 Å². The van der Waals surface area contributed by atoms with E-state index < -0.39 is 18.1 Å². The average Bonchev–Trinajstić information content (AvgIpc) is 2.90. The molecule has 7 heteroatoms. The van der Waals surface area contributed by atoms with Crippen LogP contribution in [0.5, 0.6) is 0 Å². The van der Waals surface area contributed by atoms with Gasteiger partial charge in [0.25, 0.3) is 6.43 Å². The van der Waals surface area contributed by atoms with Gasteiger partial charge < -0.3 is 9.67 Å². The number of carboxylic acid groups (broad SMARTS) is 1. The summed E-state index contributed by atoms with van der Waals surface area (Å²) in [6.45, 7) is 1.80. The molecule has 1 N–H and O–H groups in total. The summed E-state index contributed by atoms with van der Waals surface area (Å²) in [6.07, 6.45) is 0.680. The van der Waals surface area contributed by atoms with Crippen molar-refractivity contribution in [3.63, 3.8) is 0 Å². The normalized spacial score (nSPS) is 17.6. The van der Waals surface area contributed by atoms with Gasteiger partial charge in [-0.05, 0) is 37.8 Å². The zero-order chi connectivity index (χ0) is 17.4. The maximum absolute atomic E-state index is 13.7. The Morgan fingerprint density at radius 3 is 2.62 bits per heavy atom. The SMILES string of the molecule is CC(C1CCC(=O)CC1)n1c(C(F)F)c(C(=O)O)c2cccnc21. The van der Waals surface area contributed by atoms with Crippen molar-refractivity contribution in [2.75, 3.05) is 0 Å². The summed E-state index contributed by atoms with van der Waals surface area (Å²) >= 11 is 0. The van der Waals surface area contributed by atoms with Crippen molar-refractivity contribution >= 4 is 22.8 Å². The van der Waals surface area contributed by atoms with Crippen LogP contribution in [-0.4, -0.2) is 26.4 Å². The monoisotopic (exact) mass is 336 g/mol. The van der Waals surface area contributed by atoms with Crippen LogP contribution in [0.25, 0.3) is 11.0 Å². The lowest BCUT2D eigenvalue weighted by Crippen LogP contribution is -2.24. The fraction of sp³-hybridized carbons (Fsp3) is 0.471. The highest BCUT2D eigenvalue weighted by Crippen LogP contribution is 2.39. The number of rotatable bonds is 4. The van der Waals surface area contributed by atoms with Crippen LogP contribution >= 0.6 is 0 Å². The molecule has 24 heavy (non-hydrogen) atoms. The first-order chi connectivity index (χ1) is 11.4. The lowest BCUT2D eigenvalue weighted by atomic mass is 9.83. The predicted octanol–water partition coefficient (Wildman–Crippen LogP) is 3.99. The molecule has 1 saturated carbocycles. The van der Waals surface area contributed by atoms with Crippen molar-refractivity contribution < 1.29 is 23.5 Å². The molecule has 0 saturated heterocycles. The minimum Gasteiger partial charge on any atom is -0.478 e. The number of aromatic carboxylic acids is 1. The average molecular weight is 336 g/mol. The van der Waals surface area contributed by atoms with Gasteiger partial charge in [-0.1, -0.05) is 0 Å². The number of Topliss-reactive ketones (excluding diaryl/α,β-unsaturated/α-hetero) is 1. The zero-order valence-electron chi connectivity index (χ0n) is 13.2. The molecule has 5 nitrogen and oxygen atoms in total. The zero-order valence-corrected chi connectivity index (χ0v) is 13.2. The second kappa shape index (κ2) is 6.30. The number of carboxylic acids is 1. The smallest absolute Gasteiger partial charge is 0.338 e. The quantitative estimate of drug-likeness (QED) is 0.916. The Bertz CT molecular complexity index is 790. The van der Waals surface area contributed by atoms with Gasteiger partial charge in [-0.25, -0.2) is 18.6 Å². The summed E-state index contributed by atoms with van der Waals surface area (Å²) in [7, 11) is 0. The molecule has 1 unspecified atom stereocenters. The van der Waals surface area contributed by atoms with E-state index in [0.29, 0.717) is 25.7 Å². The largest absolute Gasteiger partial charge is 0.478 e. The molecule has 2 aromatic heterocycles. The Hall–Kier alpha value is -2.31. The van der Waals surface area contributed by atoms with Crippen molar-refractivity contribution in [1.29, 1.82) is 0 Å². The molecular weight excluding hydrogens is 318 g/mol. The number of halogens is 2. The Labute approximate surface area is 137 Å². The Balaban J connectivity index is 2.17. The first-order valence-corrected chi connectivity index (χ1v) is 7.93. The first kappa shape index (κ1) is 16.5. The van der Waals surface area contributed by atoms with Crippen LogP contribution in [-0.2, 0) is 4.79 Å². The van der Waals surface area contributed by atoms with Gasteiger partial charge in [0.1, 0.15) is 17.1 Å². The Kier molecular flexibility index (Phi) is 4.34. The maximum Gasteiger partial charge on any atom is 0.338 e. The van der Waals surface area contributed by atoms with E-state index in [4.69, 9.17) is 0 Å². The minimum absolute atomic E-state index is 0.0412. The molecule has 0 bridgehead atoms. The lowest BCUT2D eigenvalue weighted by molar-refractivity contribution is -0.121. The van der Waals surface area contributed by atoms with Crippen molar-refractivity contribution in [2.45, 2.75) is 45.1 Å². The molecule has 0 aliphatic heterocycles. The Morgan fingerprint density at radius 2 is 2.04 bits per heavy atom. The highest BCUT2D eigenvalue weighted by atomic mass is 19.3. The van der Waals surface area contributed by atoms with E-state index in [9.17, 15) is 23.5 Å². The third-order valence-corrected chi connectivity index (χ3v) is 4.90. The van der Waals surface area contributed by atoms with E-state index in [1.54, 1.807) is 6.92 Å². The lowest BCUT2D eigenvalue weighted by Gasteiger charge is -2.29. The topological polar surface area (TPSA) is 72.2 Å². The highest BCUT2D eigenvalue weighted by Gasteiger charge is 2.34. The van der Waals surface area contributed by atoms with E-state index >= 15 is 0 Å². The van der Waals surface area contributed by atoms with Crippen LogP contribution in [0.15, 0.2) is 18.3 Å². The standard InChI is InChI=1S/C17H18F2N2O3/c1-9(10-4-6-11(22)7-5-10)21-14(15(18)19)13(17(23)24)12-3-2-8-20-16(12)21/h2-3,8-10,15H,4-7H2,1H3,(H,23,24). The molecule has 0 radical (unpaired) electrons. The minimum atomic E-state index is -2.92. The molecule has 3 rings (SSSR count). The summed E-state index contributed by atoms with van der Waals surface area (Å²) < 4.78 is 28.8. The molecule has 2 heterocycles. The summed E-state index contributed by atoms with van der Waals surface area (Å²) in [6, 6.07) is 2.69. The van der Waals surface area contributed by atoms with Gasteiger partial charge in [-0.2, -0.15) is 0 Å². The van der Waals surface area contributed by atoms with Crippen molar-refractivity contribution in [1.82, 2.24) is 9.55 Å². The number of hydrogen-bond donors (Lipinski definition) is 1. The summed E-state index contributed by atoms with van der Waals surface area (Å²) in [5.41, 5.74) is -0.623. The number of ketones is 1. The van der Waals surface area contributed by atoms with Crippen molar-refractivity contribution in [3.8, 4) is 0 Å². The van der Waals surface area contributed by atoms with Gasteiger partial charge in [-0.15, -0.1) is 0 Å². The van der Waals surface area contributed by atoms with Crippen LogP contribution in [0.2, 0.25) is 0 Å². The van der Waals surface area contributed by atoms with Gasteiger partial charge in [0, 0.05) is 30.5 Å². The van der Waals surface area contributed by atoms with Gasteiger partial charge in [-0.3, -0.25) is 4.79 Å². The van der Waals surface area contributed by atoms with Crippen LogP contribution in [0.3, 0.4) is 0 Å². The fourth-order valence-electron chi connectivity index (χ4n) is 3.66. The van der Waals surface area contributed by atoms with E-state index in [2.05, 4.69) is 4.98 Å². The van der Waals surface area contributed by atoms with Crippen molar-refractivity contribution in [3.05, 3.63) is 29.6 Å². The second-order valence-corrected chi connectivity index (χ2v) is 6.23. The van der Waals surface area contributed by atoms with E-state index in [-0.39, 0.29) is 34.3 Å².